The van der Waals surface area contributed by atoms with E-state index in [1.165, 1.54) is 9.80 Å². The summed E-state index contributed by atoms with van der Waals surface area (Å²) in [5.41, 5.74) is 5.22. The summed E-state index contributed by atoms with van der Waals surface area (Å²) >= 11 is 0. The number of aryl methyl sites for hydroxylation is 1. The van der Waals surface area contributed by atoms with Gasteiger partial charge in [0.05, 0.1) is 0 Å². The summed E-state index contributed by atoms with van der Waals surface area (Å²) in [7, 11) is 1.94. The molecule has 0 amide bonds. The Hall–Kier alpha value is -5.18. The molecule has 5 aromatic carbocycles. The maximum Gasteiger partial charge on any atom is 0.406 e. The Morgan fingerprint density at radius 1 is 0.511 bits per heavy atom. The van der Waals surface area contributed by atoms with E-state index in [9.17, 15) is 26.3 Å². The Kier molecular flexibility index (Phi) is 8.73. The van der Waals surface area contributed by atoms with E-state index in [0.29, 0.717) is 22.7 Å². The Balaban J connectivity index is 1.43. The number of halogens is 6. The highest BCUT2D eigenvalue weighted by molar-refractivity contribution is 5.85. The summed E-state index contributed by atoms with van der Waals surface area (Å²) < 4.78 is 84.0. The van der Waals surface area contributed by atoms with Crippen LogP contribution in [0.15, 0.2) is 140 Å². The van der Waals surface area contributed by atoms with Crippen LogP contribution in [-0.2, 0) is 7.05 Å². The van der Waals surface area contributed by atoms with Crippen molar-refractivity contribution in [3.05, 3.63) is 156 Å². The van der Waals surface area contributed by atoms with Gasteiger partial charge >= 0.3 is 12.4 Å². The molecule has 0 aliphatic rings. The summed E-state index contributed by atoms with van der Waals surface area (Å²) in [4.78, 5) is 2.45. The average molecular weight is 644 g/mol. The van der Waals surface area contributed by atoms with Gasteiger partial charge in [-0.2, -0.15) is 26.3 Å². The molecular weight excluding hydrogens is 612 g/mol. The molecule has 0 spiro atoms. The predicted octanol–water partition coefficient (Wildman–Crippen LogP) is 10.8. The van der Waals surface area contributed by atoms with Crippen molar-refractivity contribution in [1.82, 2.24) is 4.57 Å². The third-order valence-electron chi connectivity index (χ3n) is 8.13. The van der Waals surface area contributed by atoms with Gasteiger partial charge in [-0.15, -0.1) is 0 Å². The van der Waals surface area contributed by atoms with Crippen molar-refractivity contribution in [3.63, 3.8) is 0 Å². The summed E-state index contributed by atoms with van der Waals surface area (Å²) in [5.74, 6) is -0.357. The van der Waals surface area contributed by atoms with Crippen LogP contribution in [0.1, 0.15) is 22.6 Å². The highest BCUT2D eigenvalue weighted by atomic mass is 19.4. The number of hydrogen-bond acceptors (Lipinski definition) is 2. The fraction of sp³-hybridized carbons (Fsp3) is 0.158. The van der Waals surface area contributed by atoms with E-state index in [0.717, 1.165) is 27.6 Å². The number of aromatic nitrogens is 1. The molecule has 1 heterocycles. The van der Waals surface area contributed by atoms with Crippen LogP contribution in [0.2, 0.25) is 0 Å². The van der Waals surface area contributed by atoms with Crippen LogP contribution < -0.4 is 9.80 Å². The van der Waals surface area contributed by atoms with Crippen molar-refractivity contribution < 1.29 is 26.3 Å². The normalized spacial score (nSPS) is 12.1. The first kappa shape index (κ1) is 31.8. The number of anilines is 4. The topological polar surface area (TPSA) is 11.4 Å². The van der Waals surface area contributed by atoms with E-state index in [1.807, 2.05) is 66.3 Å². The maximum absolute atomic E-state index is 13.7. The first-order chi connectivity index (χ1) is 22.5. The molecule has 9 heteroatoms. The van der Waals surface area contributed by atoms with Crippen molar-refractivity contribution >= 4 is 33.7 Å². The van der Waals surface area contributed by atoms with E-state index in [1.54, 1.807) is 84.9 Å². The monoisotopic (exact) mass is 643 g/mol. The molecule has 0 atom stereocenters. The molecule has 6 rings (SSSR count). The number of fused-ring (bicyclic) bond motifs is 1. The third kappa shape index (κ3) is 7.30. The van der Waals surface area contributed by atoms with Gasteiger partial charge in [-0.3, -0.25) is 0 Å². The summed E-state index contributed by atoms with van der Waals surface area (Å²) in [6.45, 7) is -2.30. The lowest BCUT2D eigenvalue weighted by atomic mass is 9.84. The molecule has 0 radical (unpaired) electrons. The van der Waals surface area contributed by atoms with Crippen molar-refractivity contribution in [2.75, 3.05) is 22.9 Å². The van der Waals surface area contributed by atoms with Crippen LogP contribution in [0, 0.1) is 0 Å². The van der Waals surface area contributed by atoms with Crippen molar-refractivity contribution in [2.45, 2.75) is 18.3 Å². The fourth-order valence-corrected chi connectivity index (χ4v) is 6.09. The molecule has 0 N–H and O–H groups in total. The molecule has 6 aromatic rings. The van der Waals surface area contributed by atoms with Crippen LogP contribution in [-0.4, -0.2) is 30.0 Å². The predicted molar refractivity (Wildman–Crippen MR) is 176 cm³/mol. The smallest absolute Gasteiger partial charge is 0.350 e. The van der Waals surface area contributed by atoms with Gasteiger partial charge in [0.25, 0.3) is 0 Å². The number of para-hydroxylation sites is 3. The third-order valence-corrected chi connectivity index (χ3v) is 8.13. The van der Waals surface area contributed by atoms with Gasteiger partial charge in [-0.1, -0.05) is 78.9 Å². The highest BCUT2D eigenvalue weighted by Crippen LogP contribution is 2.40. The van der Waals surface area contributed by atoms with Crippen molar-refractivity contribution in [3.8, 4) is 0 Å². The van der Waals surface area contributed by atoms with Crippen LogP contribution in [0.25, 0.3) is 10.9 Å². The summed E-state index contributed by atoms with van der Waals surface area (Å²) in [6, 6.07) is 38.8. The van der Waals surface area contributed by atoms with Crippen LogP contribution >= 0.6 is 0 Å². The van der Waals surface area contributed by atoms with Gasteiger partial charge in [-0.05, 0) is 71.3 Å². The van der Waals surface area contributed by atoms with E-state index in [4.69, 9.17) is 0 Å². The van der Waals surface area contributed by atoms with Crippen molar-refractivity contribution in [1.29, 1.82) is 0 Å². The maximum atomic E-state index is 13.7. The minimum Gasteiger partial charge on any atom is -0.350 e. The minimum absolute atomic E-state index is 0.357. The number of rotatable bonds is 9. The zero-order chi connectivity index (χ0) is 33.2. The molecule has 0 fully saturated rings. The number of alkyl halides is 6. The lowest BCUT2D eigenvalue weighted by molar-refractivity contribution is -0.119. The van der Waals surface area contributed by atoms with Crippen LogP contribution in [0.4, 0.5) is 49.1 Å². The first-order valence-corrected chi connectivity index (χ1v) is 15.0. The number of benzene rings is 5. The molecule has 3 nitrogen and oxygen atoms in total. The molecule has 240 valence electrons. The largest absolute Gasteiger partial charge is 0.406 e. The zero-order valence-corrected chi connectivity index (χ0v) is 25.4. The Morgan fingerprint density at radius 3 is 1.32 bits per heavy atom. The molecule has 0 aliphatic carbocycles. The summed E-state index contributed by atoms with van der Waals surface area (Å²) in [6.07, 6.45) is -6.83. The van der Waals surface area contributed by atoms with Gasteiger partial charge in [0, 0.05) is 52.8 Å². The van der Waals surface area contributed by atoms with Gasteiger partial charge < -0.3 is 14.4 Å². The van der Waals surface area contributed by atoms with Gasteiger partial charge in [0.2, 0.25) is 0 Å². The molecule has 0 saturated carbocycles. The second-order valence-corrected chi connectivity index (χ2v) is 11.4. The lowest BCUT2D eigenvalue weighted by Crippen LogP contribution is -2.30. The second kappa shape index (κ2) is 12.9. The van der Waals surface area contributed by atoms with Gasteiger partial charge in [0.1, 0.15) is 13.1 Å². The molecule has 0 aliphatic heterocycles. The summed E-state index contributed by atoms with van der Waals surface area (Å²) in [5, 5.41) is 0.999. The Bertz CT molecular complexity index is 1810. The standard InChI is InChI=1S/C38H31F6N3/c1-45-24-34(33-14-8-9-15-35(33)45)36(27-16-20-31(21-17-27)46(25-37(39,40)41)29-10-4-2-5-11-29)28-18-22-32(23-19-28)47(26-38(42,43)44)30-12-6-3-7-13-30/h2-24,36H,25-26H2,1H3. The fourth-order valence-electron chi connectivity index (χ4n) is 6.09. The number of hydrogen-bond donors (Lipinski definition) is 0. The van der Waals surface area contributed by atoms with Crippen LogP contribution in [0.3, 0.4) is 0 Å². The highest BCUT2D eigenvalue weighted by Gasteiger charge is 2.33. The van der Waals surface area contributed by atoms with E-state index < -0.39 is 25.4 Å². The molecule has 0 saturated heterocycles. The molecule has 0 bridgehead atoms. The quantitative estimate of drug-likeness (QED) is 0.145. The van der Waals surface area contributed by atoms with Crippen molar-refractivity contribution in [2.24, 2.45) is 7.05 Å². The average Bonchev–Trinajstić information content (AvgIpc) is 3.39. The van der Waals surface area contributed by atoms with Crippen LogP contribution in [0.5, 0.6) is 0 Å². The Labute approximate surface area is 268 Å². The van der Waals surface area contributed by atoms with Gasteiger partial charge in [-0.25, -0.2) is 0 Å². The minimum atomic E-state index is -4.43. The first-order valence-electron chi connectivity index (χ1n) is 15.0. The number of nitrogens with zero attached hydrogens (tertiary/aromatic N) is 3. The van der Waals surface area contributed by atoms with E-state index in [2.05, 4.69) is 0 Å². The lowest BCUT2D eigenvalue weighted by Gasteiger charge is -2.28. The van der Waals surface area contributed by atoms with E-state index >= 15 is 0 Å². The SMILES string of the molecule is Cn1cc(C(c2ccc(N(CC(F)(F)F)c3ccccc3)cc2)c2ccc(N(CC(F)(F)F)c3ccccc3)cc2)c2ccccc21. The molecule has 1 aromatic heterocycles. The second-order valence-electron chi connectivity index (χ2n) is 11.4. The van der Waals surface area contributed by atoms with E-state index in [-0.39, 0.29) is 5.92 Å². The molecule has 0 unspecified atom stereocenters. The molecule has 47 heavy (non-hydrogen) atoms. The zero-order valence-electron chi connectivity index (χ0n) is 25.4. The Morgan fingerprint density at radius 2 is 0.894 bits per heavy atom. The molecular formula is C38H31F6N3. The van der Waals surface area contributed by atoms with Gasteiger partial charge in [0.15, 0.2) is 0 Å².